The Labute approximate surface area is 236 Å². The van der Waals surface area contributed by atoms with Crippen molar-refractivity contribution in [1.29, 1.82) is 0 Å². The van der Waals surface area contributed by atoms with Crippen molar-refractivity contribution in [2.75, 3.05) is 0 Å². The molecular formula is C37H23N3O. The van der Waals surface area contributed by atoms with E-state index in [-0.39, 0.29) is 6.17 Å². The molecule has 2 heterocycles. The number of fused-ring (bicyclic) bond motifs is 7. The van der Waals surface area contributed by atoms with Gasteiger partial charge in [0.1, 0.15) is 23.2 Å². The van der Waals surface area contributed by atoms with Crippen molar-refractivity contribution in [2.24, 2.45) is 9.98 Å². The van der Waals surface area contributed by atoms with E-state index in [1.807, 2.05) is 42.5 Å². The minimum atomic E-state index is -0.264. The van der Waals surface area contributed by atoms with E-state index in [2.05, 4.69) is 90.2 Å². The molecule has 4 nitrogen and oxygen atoms in total. The highest BCUT2D eigenvalue weighted by Crippen LogP contribution is 2.50. The molecule has 1 atom stereocenters. The zero-order valence-corrected chi connectivity index (χ0v) is 22.0. The van der Waals surface area contributed by atoms with Crippen molar-refractivity contribution < 1.29 is 4.42 Å². The maximum absolute atomic E-state index is 6.64. The molecule has 41 heavy (non-hydrogen) atoms. The highest BCUT2D eigenvalue weighted by atomic mass is 16.3. The molecule has 0 saturated heterocycles. The third-order valence-electron chi connectivity index (χ3n) is 8.27. The molecule has 6 aromatic carbocycles. The van der Waals surface area contributed by atoms with Crippen LogP contribution in [-0.4, -0.2) is 11.7 Å². The average molecular weight is 526 g/mol. The number of benzene rings is 6. The molecule has 1 aromatic heterocycles. The minimum Gasteiger partial charge on any atom is -0.455 e. The first-order valence-corrected chi connectivity index (χ1v) is 13.9. The maximum atomic E-state index is 6.64. The van der Waals surface area contributed by atoms with E-state index in [0.29, 0.717) is 5.84 Å². The molecule has 0 spiro atoms. The van der Waals surface area contributed by atoms with E-state index in [0.717, 1.165) is 49.9 Å². The Bertz CT molecular complexity index is 2230. The van der Waals surface area contributed by atoms with E-state index in [4.69, 9.17) is 14.4 Å². The molecule has 1 unspecified atom stereocenters. The Kier molecular flexibility index (Phi) is 4.64. The van der Waals surface area contributed by atoms with Crippen molar-refractivity contribution in [3.05, 3.63) is 144 Å². The molecule has 192 valence electrons. The van der Waals surface area contributed by atoms with E-state index in [1.165, 1.54) is 27.6 Å². The molecule has 2 aliphatic rings. The topological polar surface area (TPSA) is 49.9 Å². The molecule has 0 saturated carbocycles. The Balaban J connectivity index is 1.31. The van der Waals surface area contributed by atoms with Crippen LogP contribution in [0.15, 0.2) is 142 Å². The van der Waals surface area contributed by atoms with Crippen LogP contribution < -0.4 is 5.32 Å². The molecule has 4 heteroatoms. The van der Waals surface area contributed by atoms with Gasteiger partial charge in [-0.1, -0.05) is 115 Å². The fraction of sp³-hybridized carbons (Fsp3) is 0.0270. The standard InChI is InChI=1S/C37H23N3O/c1-3-11-22(12-4-1)35-38-36(23-13-5-2-6-14-23)40-37(39-35)28-19-10-20-31-33(28)30-21-29-25-16-8-7-15-24(25)26-17-9-18-27(32(26)29)34(30)41-31/h1-21,35H,(H,38,39,40). The molecule has 7 aromatic rings. The summed E-state index contributed by atoms with van der Waals surface area (Å²) in [6, 6.07) is 44.2. The lowest BCUT2D eigenvalue weighted by Crippen LogP contribution is -2.33. The Hall–Kier alpha value is -5.48. The van der Waals surface area contributed by atoms with Gasteiger partial charge in [0.2, 0.25) is 0 Å². The van der Waals surface area contributed by atoms with Gasteiger partial charge < -0.3 is 9.73 Å². The SMILES string of the molecule is c1ccc(C2=NC(c3ccccc3)NC(c3cccc4oc5c6cccc7c6c(cc5c34)-c3ccccc3-7)=N2)cc1. The molecule has 0 amide bonds. The van der Waals surface area contributed by atoms with Gasteiger partial charge in [-0.05, 0) is 39.9 Å². The lowest BCUT2D eigenvalue weighted by Gasteiger charge is -2.24. The number of nitrogens with one attached hydrogen (secondary N) is 1. The predicted octanol–water partition coefficient (Wildman–Crippen LogP) is 8.88. The van der Waals surface area contributed by atoms with Gasteiger partial charge in [-0.15, -0.1) is 0 Å². The van der Waals surface area contributed by atoms with Crippen LogP contribution in [0.1, 0.15) is 22.9 Å². The zero-order valence-electron chi connectivity index (χ0n) is 22.0. The number of amidine groups is 2. The van der Waals surface area contributed by atoms with Crippen LogP contribution in [-0.2, 0) is 0 Å². The fourth-order valence-electron chi connectivity index (χ4n) is 6.45. The summed E-state index contributed by atoms with van der Waals surface area (Å²) in [6.45, 7) is 0. The molecule has 9 rings (SSSR count). The molecule has 0 fully saturated rings. The second-order valence-corrected chi connectivity index (χ2v) is 10.6. The fourth-order valence-corrected chi connectivity index (χ4v) is 6.45. The summed E-state index contributed by atoms with van der Waals surface area (Å²) in [4.78, 5) is 10.1. The third-order valence-corrected chi connectivity index (χ3v) is 8.27. The van der Waals surface area contributed by atoms with E-state index >= 15 is 0 Å². The van der Waals surface area contributed by atoms with Crippen LogP contribution >= 0.6 is 0 Å². The Morgan fingerprint density at radius 2 is 1.24 bits per heavy atom. The van der Waals surface area contributed by atoms with Gasteiger partial charge in [0, 0.05) is 32.7 Å². The number of aliphatic imine (C=N–C) groups is 2. The van der Waals surface area contributed by atoms with Crippen molar-refractivity contribution in [3.8, 4) is 22.3 Å². The largest absolute Gasteiger partial charge is 0.455 e. The zero-order chi connectivity index (χ0) is 26.9. The monoisotopic (exact) mass is 525 g/mol. The summed E-state index contributed by atoms with van der Waals surface area (Å²) in [5.41, 5.74) is 9.89. The molecular weight excluding hydrogens is 502 g/mol. The van der Waals surface area contributed by atoms with Crippen molar-refractivity contribution in [1.82, 2.24) is 5.32 Å². The smallest absolute Gasteiger partial charge is 0.159 e. The van der Waals surface area contributed by atoms with Crippen LogP contribution in [0, 0.1) is 0 Å². The summed E-state index contributed by atoms with van der Waals surface area (Å²) in [5.74, 6) is 1.49. The lowest BCUT2D eigenvalue weighted by atomic mass is 9.97. The van der Waals surface area contributed by atoms with E-state index in [1.54, 1.807) is 0 Å². The predicted molar refractivity (Wildman–Crippen MR) is 167 cm³/mol. The summed E-state index contributed by atoms with van der Waals surface area (Å²) >= 11 is 0. The number of nitrogens with zero attached hydrogens (tertiary/aromatic N) is 2. The third kappa shape index (κ3) is 3.28. The summed E-state index contributed by atoms with van der Waals surface area (Å²) < 4.78 is 6.64. The number of rotatable bonds is 3. The van der Waals surface area contributed by atoms with Crippen molar-refractivity contribution in [2.45, 2.75) is 6.17 Å². The second-order valence-electron chi connectivity index (χ2n) is 10.6. The van der Waals surface area contributed by atoms with Gasteiger partial charge in [0.05, 0.1) is 0 Å². The normalized spacial score (nSPS) is 15.6. The molecule has 1 aliphatic heterocycles. The van der Waals surface area contributed by atoms with Crippen molar-refractivity contribution in [3.63, 3.8) is 0 Å². The van der Waals surface area contributed by atoms with Gasteiger partial charge in [0.15, 0.2) is 5.84 Å². The summed E-state index contributed by atoms with van der Waals surface area (Å²) in [5, 5.41) is 8.20. The number of furan rings is 1. The second kappa shape index (κ2) is 8.51. The highest BCUT2D eigenvalue weighted by Gasteiger charge is 2.27. The van der Waals surface area contributed by atoms with Crippen molar-refractivity contribution >= 4 is 44.4 Å². The van der Waals surface area contributed by atoms with Gasteiger partial charge in [-0.3, -0.25) is 0 Å². The van der Waals surface area contributed by atoms with Crippen LogP contribution in [0.4, 0.5) is 0 Å². The average Bonchev–Trinajstić information content (AvgIpc) is 3.59. The van der Waals surface area contributed by atoms with Crippen LogP contribution in [0.5, 0.6) is 0 Å². The number of hydrogen-bond donors (Lipinski definition) is 1. The Morgan fingerprint density at radius 1 is 0.561 bits per heavy atom. The van der Waals surface area contributed by atoms with E-state index in [9.17, 15) is 0 Å². The lowest BCUT2D eigenvalue weighted by molar-refractivity contribution is 0.670. The first-order chi connectivity index (χ1) is 20.3. The highest BCUT2D eigenvalue weighted by molar-refractivity contribution is 6.29. The first kappa shape index (κ1) is 22.3. The summed E-state index contributed by atoms with van der Waals surface area (Å²) in [7, 11) is 0. The van der Waals surface area contributed by atoms with Crippen LogP contribution in [0.25, 0.3) is 55.0 Å². The molecule has 1 N–H and O–H groups in total. The molecule has 0 radical (unpaired) electrons. The van der Waals surface area contributed by atoms with Gasteiger partial charge in [-0.25, -0.2) is 9.98 Å². The van der Waals surface area contributed by atoms with Gasteiger partial charge in [0.25, 0.3) is 0 Å². The van der Waals surface area contributed by atoms with E-state index < -0.39 is 0 Å². The molecule has 0 bridgehead atoms. The first-order valence-electron chi connectivity index (χ1n) is 13.9. The molecule has 1 aliphatic carbocycles. The number of hydrogen-bond acceptors (Lipinski definition) is 4. The quantitative estimate of drug-likeness (QED) is 0.250. The summed E-state index contributed by atoms with van der Waals surface area (Å²) in [6.07, 6.45) is -0.264. The Morgan fingerprint density at radius 3 is 2.07 bits per heavy atom. The van der Waals surface area contributed by atoms with Gasteiger partial charge in [-0.2, -0.15) is 0 Å². The van der Waals surface area contributed by atoms with Crippen LogP contribution in [0.2, 0.25) is 0 Å². The van der Waals surface area contributed by atoms with Crippen LogP contribution in [0.3, 0.4) is 0 Å². The maximum Gasteiger partial charge on any atom is 0.159 e. The van der Waals surface area contributed by atoms with Gasteiger partial charge >= 0.3 is 0 Å². The minimum absolute atomic E-state index is 0.264.